The zero-order chi connectivity index (χ0) is 12.3. The minimum atomic E-state index is -0.127. The topological polar surface area (TPSA) is 64.6 Å². The van der Waals surface area contributed by atoms with Crippen LogP contribution in [0.5, 0.6) is 0 Å². The molecule has 5 nitrogen and oxygen atoms in total. The van der Waals surface area contributed by atoms with Gasteiger partial charge in [-0.2, -0.15) is 0 Å². The summed E-state index contributed by atoms with van der Waals surface area (Å²) in [6.45, 7) is 4.14. The summed E-state index contributed by atoms with van der Waals surface area (Å²) in [5.41, 5.74) is 0. The van der Waals surface area contributed by atoms with E-state index >= 15 is 0 Å². The number of aliphatic hydroxyl groups excluding tert-OH is 1. The maximum absolute atomic E-state index is 12.3. The first-order chi connectivity index (χ1) is 8.22. The second-order valence-electron chi connectivity index (χ2n) is 5.11. The molecule has 2 atom stereocenters. The van der Waals surface area contributed by atoms with Crippen LogP contribution in [0.2, 0.25) is 0 Å². The Morgan fingerprint density at radius 3 is 2.59 bits per heavy atom. The van der Waals surface area contributed by atoms with E-state index in [4.69, 9.17) is 5.11 Å². The van der Waals surface area contributed by atoms with Crippen molar-refractivity contribution in [1.82, 2.24) is 15.5 Å². The summed E-state index contributed by atoms with van der Waals surface area (Å²) in [5.74, 6) is 0.142. The van der Waals surface area contributed by atoms with E-state index in [1.807, 2.05) is 4.90 Å². The van der Waals surface area contributed by atoms with Crippen molar-refractivity contribution in [1.29, 1.82) is 0 Å². The standard InChI is InChI=1S/C12H23N3O2/c1-9-7-14-11(8-13-9)12(17)15(5-6-16)10-3-2-4-10/h9-11,13-14,16H,2-8H2,1H3. The molecule has 0 aromatic rings. The molecule has 3 N–H and O–H groups in total. The second kappa shape index (κ2) is 5.80. The number of aliphatic hydroxyl groups is 1. The first kappa shape index (κ1) is 12.8. The van der Waals surface area contributed by atoms with E-state index in [1.165, 1.54) is 6.42 Å². The molecule has 0 aromatic carbocycles. The maximum atomic E-state index is 12.3. The third-order valence-corrected chi connectivity index (χ3v) is 3.78. The van der Waals surface area contributed by atoms with Gasteiger partial charge in [0.15, 0.2) is 0 Å². The van der Waals surface area contributed by atoms with E-state index in [-0.39, 0.29) is 18.6 Å². The lowest BCUT2D eigenvalue weighted by Gasteiger charge is -2.40. The summed E-state index contributed by atoms with van der Waals surface area (Å²) in [5, 5.41) is 15.7. The van der Waals surface area contributed by atoms with Crippen molar-refractivity contribution in [2.45, 2.75) is 44.3 Å². The van der Waals surface area contributed by atoms with Crippen LogP contribution in [0.3, 0.4) is 0 Å². The third-order valence-electron chi connectivity index (χ3n) is 3.78. The lowest BCUT2D eigenvalue weighted by molar-refractivity contribution is -0.138. The number of piperazine rings is 1. The van der Waals surface area contributed by atoms with Gasteiger partial charge in [-0.15, -0.1) is 0 Å². The SMILES string of the molecule is CC1CNC(C(=O)N(CCO)C2CCC2)CN1. The van der Waals surface area contributed by atoms with Gasteiger partial charge in [0.05, 0.1) is 12.6 Å². The highest BCUT2D eigenvalue weighted by molar-refractivity contribution is 5.82. The molecule has 2 fully saturated rings. The smallest absolute Gasteiger partial charge is 0.241 e. The molecule has 17 heavy (non-hydrogen) atoms. The fourth-order valence-electron chi connectivity index (χ4n) is 2.44. The van der Waals surface area contributed by atoms with Gasteiger partial charge in [0.1, 0.15) is 0 Å². The summed E-state index contributed by atoms with van der Waals surface area (Å²) in [6.07, 6.45) is 3.37. The Hall–Kier alpha value is -0.650. The van der Waals surface area contributed by atoms with Crippen molar-refractivity contribution in [3.63, 3.8) is 0 Å². The average Bonchev–Trinajstić information content (AvgIpc) is 2.26. The molecule has 1 aliphatic heterocycles. The van der Waals surface area contributed by atoms with Crippen molar-refractivity contribution in [3.05, 3.63) is 0 Å². The van der Waals surface area contributed by atoms with E-state index in [0.29, 0.717) is 25.2 Å². The Bertz CT molecular complexity index is 260. The van der Waals surface area contributed by atoms with Crippen molar-refractivity contribution in [2.24, 2.45) is 0 Å². The Morgan fingerprint density at radius 1 is 1.35 bits per heavy atom. The van der Waals surface area contributed by atoms with E-state index < -0.39 is 0 Å². The van der Waals surface area contributed by atoms with Crippen molar-refractivity contribution in [2.75, 3.05) is 26.2 Å². The van der Waals surface area contributed by atoms with Crippen LogP contribution in [0.15, 0.2) is 0 Å². The van der Waals surface area contributed by atoms with Crippen molar-refractivity contribution in [3.8, 4) is 0 Å². The number of hydrogen-bond donors (Lipinski definition) is 3. The number of nitrogens with one attached hydrogen (secondary N) is 2. The fraction of sp³-hybridized carbons (Fsp3) is 0.917. The Kier molecular flexibility index (Phi) is 4.36. The van der Waals surface area contributed by atoms with E-state index in [1.54, 1.807) is 0 Å². The molecule has 2 rings (SSSR count). The predicted molar refractivity (Wildman–Crippen MR) is 65.7 cm³/mol. The molecule has 0 bridgehead atoms. The minimum absolute atomic E-state index is 0.0544. The molecule has 98 valence electrons. The van der Waals surface area contributed by atoms with E-state index in [9.17, 15) is 4.79 Å². The molecule has 2 unspecified atom stereocenters. The zero-order valence-corrected chi connectivity index (χ0v) is 10.5. The molecular formula is C12H23N3O2. The molecule has 1 amide bonds. The number of carbonyl (C=O) groups is 1. The lowest BCUT2D eigenvalue weighted by Crippen LogP contribution is -2.61. The van der Waals surface area contributed by atoms with Crippen LogP contribution in [0.4, 0.5) is 0 Å². The van der Waals surface area contributed by atoms with Gasteiger partial charge in [-0.1, -0.05) is 0 Å². The summed E-state index contributed by atoms with van der Waals surface area (Å²) in [4.78, 5) is 14.2. The number of amides is 1. The van der Waals surface area contributed by atoms with Gasteiger partial charge < -0.3 is 20.6 Å². The predicted octanol–water partition coefficient (Wildman–Crippen LogP) is -0.690. The Balaban J connectivity index is 1.90. The van der Waals surface area contributed by atoms with Gasteiger partial charge in [0, 0.05) is 31.7 Å². The number of carbonyl (C=O) groups excluding carboxylic acids is 1. The highest BCUT2D eigenvalue weighted by Crippen LogP contribution is 2.25. The molecule has 1 saturated carbocycles. The number of hydrogen-bond acceptors (Lipinski definition) is 4. The van der Waals surface area contributed by atoms with Gasteiger partial charge in [-0.3, -0.25) is 4.79 Å². The van der Waals surface area contributed by atoms with Crippen LogP contribution in [-0.2, 0) is 4.79 Å². The summed E-state index contributed by atoms with van der Waals surface area (Å²) >= 11 is 0. The summed E-state index contributed by atoms with van der Waals surface area (Å²) in [6, 6.07) is 0.656. The zero-order valence-electron chi connectivity index (χ0n) is 10.5. The van der Waals surface area contributed by atoms with Crippen LogP contribution in [0.1, 0.15) is 26.2 Å². The van der Waals surface area contributed by atoms with Crippen molar-refractivity contribution < 1.29 is 9.90 Å². The van der Waals surface area contributed by atoms with Crippen LogP contribution in [0.25, 0.3) is 0 Å². The van der Waals surface area contributed by atoms with Crippen LogP contribution in [0, 0.1) is 0 Å². The first-order valence-corrected chi connectivity index (χ1v) is 6.60. The fourth-order valence-corrected chi connectivity index (χ4v) is 2.44. The van der Waals surface area contributed by atoms with Gasteiger partial charge in [0.2, 0.25) is 5.91 Å². The number of rotatable bonds is 4. The molecule has 1 aliphatic carbocycles. The average molecular weight is 241 g/mol. The van der Waals surface area contributed by atoms with E-state index in [2.05, 4.69) is 17.6 Å². The molecule has 0 aromatic heterocycles. The van der Waals surface area contributed by atoms with Gasteiger partial charge in [0.25, 0.3) is 0 Å². The molecule has 2 aliphatic rings. The van der Waals surface area contributed by atoms with Crippen LogP contribution < -0.4 is 10.6 Å². The second-order valence-corrected chi connectivity index (χ2v) is 5.11. The quantitative estimate of drug-likeness (QED) is 0.609. The first-order valence-electron chi connectivity index (χ1n) is 6.60. The summed E-state index contributed by atoms with van der Waals surface area (Å²) in [7, 11) is 0. The Morgan fingerprint density at radius 2 is 2.12 bits per heavy atom. The molecule has 1 heterocycles. The minimum Gasteiger partial charge on any atom is -0.395 e. The largest absolute Gasteiger partial charge is 0.395 e. The Labute approximate surface area is 103 Å². The van der Waals surface area contributed by atoms with Gasteiger partial charge in [-0.25, -0.2) is 0 Å². The molecule has 5 heteroatoms. The lowest BCUT2D eigenvalue weighted by atomic mass is 9.91. The van der Waals surface area contributed by atoms with Crippen LogP contribution >= 0.6 is 0 Å². The highest BCUT2D eigenvalue weighted by atomic mass is 16.3. The normalized spacial score (nSPS) is 29.8. The molecular weight excluding hydrogens is 218 g/mol. The molecule has 1 saturated heterocycles. The molecule has 0 spiro atoms. The maximum Gasteiger partial charge on any atom is 0.241 e. The van der Waals surface area contributed by atoms with E-state index in [0.717, 1.165) is 19.4 Å². The van der Waals surface area contributed by atoms with Crippen molar-refractivity contribution >= 4 is 5.91 Å². The third kappa shape index (κ3) is 2.97. The van der Waals surface area contributed by atoms with Crippen LogP contribution in [-0.4, -0.2) is 60.3 Å². The monoisotopic (exact) mass is 241 g/mol. The highest BCUT2D eigenvalue weighted by Gasteiger charge is 2.33. The van der Waals surface area contributed by atoms with Gasteiger partial charge in [-0.05, 0) is 26.2 Å². The number of nitrogens with zero attached hydrogens (tertiary/aromatic N) is 1. The van der Waals surface area contributed by atoms with Gasteiger partial charge >= 0.3 is 0 Å². The molecule has 0 radical (unpaired) electrons. The summed E-state index contributed by atoms with van der Waals surface area (Å²) < 4.78 is 0.